The Balaban J connectivity index is 2.20. The Morgan fingerprint density at radius 1 is 1.67 bits per heavy atom. The number of nitrogens with one attached hydrogen (secondary N) is 2. The first-order valence-electron chi connectivity index (χ1n) is 4.83. The van der Waals surface area contributed by atoms with E-state index in [1.54, 1.807) is 23.7 Å². The highest BCUT2D eigenvalue weighted by molar-refractivity contribution is 7.98. The summed E-state index contributed by atoms with van der Waals surface area (Å²) in [6.07, 6.45) is 2.85. The predicted octanol–water partition coefficient (Wildman–Crippen LogP) is 0.829. The minimum Gasteiger partial charge on any atom is -0.341 e. The molecular weight excluding hydrogens is 212 g/mol. The molecule has 0 atom stereocenters. The summed E-state index contributed by atoms with van der Waals surface area (Å²) in [7, 11) is 1.66. The van der Waals surface area contributed by atoms with Gasteiger partial charge >= 0.3 is 6.03 Å². The first-order valence-corrected chi connectivity index (χ1v) is 6.05. The van der Waals surface area contributed by atoms with E-state index in [9.17, 15) is 4.79 Å². The molecule has 2 amide bonds. The number of aromatic amines is 1. The van der Waals surface area contributed by atoms with E-state index in [1.165, 1.54) is 5.69 Å². The first-order chi connectivity index (χ1) is 7.26. The van der Waals surface area contributed by atoms with Crippen LogP contribution in [0.15, 0.2) is 5.03 Å². The van der Waals surface area contributed by atoms with Gasteiger partial charge in [-0.1, -0.05) is 0 Å². The Labute approximate surface area is 92.6 Å². The van der Waals surface area contributed by atoms with E-state index in [0.717, 1.165) is 23.6 Å². The zero-order valence-corrected chi connectivity index (χ0v) is 9.65. The van der Waals surface area contributed by atoms with E-state index in [0.29, 0.717) is 6.54 Å². The normalized spacial score (nSPS) is 14.9. The van der Waals surface area contributed by atoms with Crippen LogP contribution in [0.5, 0.6) is 0 Å². The monoisotopic (exact) mass is 226 g/mol. The number of carbonyl (C=O) groups excluding carboxylic acids is 1. The highest BCUT2D eigenvalue weighted by Crippen LogP contribution is 2.25. The summed E-state index contributed by atoms with van der Waals surface area (Å²) < 4.78 is 0. The van der Waals surface area contributed by atoms with Crippen LogP contribution in [0.25, 0.3) is 0 Å². The third-order valence-corrected chi connectivity index (χ3v) is 3.31. The van der Waals surface area contributed by atoms with Gasteiger partial charge in [-0.3, -0.25) is 5.10 Å². The van der Waals surface area contributed by atoms with Crippen molar-refractivity contribution in [1.82, 2.24) is 20.4 Å². The average molecular weight is 226 g/mol. The van der Waals surface area contributed by atoms with Gasteiger partial charge in [0.1, 0.15) is 5.03 Å². The van der Waals surface area contributed by atoms with Crippen LogP contribution in [-0.4, -0.2) is 41.0 Å². The lowest BCUT2D eigenvalue weighted by Gasteiger charge is -2.26. The quantitative estimate of drug-likeness (QED) is 0.697. The number of carbonyl (C=O) groups is 1. The molecule has 2 rings (SSSR count). The highest BCUT2D eigenvalue weighted by atomic mass is 32.2. The van der Waals surface area contributed by atoms with Crippen molar-refractivity contribution in [1.29, 1.82) is 0 Å². The number of urea groups is 1. The Hall–Kier alpha value is -1.17. The van der Waals surface area contributed by atoms with E-state index < -0.39 is 0 Å². The van der Waals surface area contributed by atoms with Crippen LogP contribution in [0.4, 0.5) is 4.79 Å². The molecule has 0 saturated heterocycles. The van der Waals surface area contributed by atoms with Crippen molar-refractivity contribution in [3.63, 3.8) is 0 Å². The molecule has 0 aliphatic carbocycles. The maximum absolute atomic E-state index is 11.5. The first kappa shape index (κ1) is 10.4. The second-order valence-corrected chi connectivity index (χ2v) is 4.21. The molecule has 15 heavy (non-hydrogen) atoms. The lowest BCUT2D eigenvalue weighted by Crippen LogP contribution is -2.41. The fraction of sp³-hybridized carbons (Fsp3) is 0.556. The summed E-state index contributed by atoms with van der Waals surface area (Å²) in [5.74, 6) is 0. The van der Waals surface area contributed by atoms with Crippen molar-refractivity contribution in [2.75, 3.05) is 19.8 Å². The van der Waals surface area contributed by atoms with Crippen molar-refractivity contribution in [3.05, 3.63) is 11.3 Å². The van der Waals surface area contributed by atoms with Crippen molar-refractivity contribution < 1.29 is 4.79 Å². The Morgan fingerprint density at radius 3 is 3.13 bits per heavy atom. The molecule has 1 aromatic heterocycles. The average Bonchev–Trinajstić information content (AvgIpc) is 2.69. The van der Waals surface area contributed by atoms with Crippen molar-refractivity contribution in [2.45, 2.75) is 18.0 Å². The van der Waals surface area contributed by atoms with E-state index in [4.69, 9.17) is 0 Å². The van der Waals surface area contributed by atoms with Gasteiger partial charge in [-0.2, -0.15) is 5.10 Å². The molecule has 0 saturated carbocycles. The third-order valence-electron chi connectivity index (χ3n) is 2.59. The van der Waals surface area contributed by atoms with Crippen molar-refractivity contribution >= 4 is 17.8 Å². The molecule has 0 fully saturated rings. The van der Waals surface area contributed by atoms with Gasteiger partial charge in [-0.15, -0.1) is 11.8 Å². The van der Waals surface area contributed by atoms with Gasteiger partial charge in [-0.25, -0.2) is 4.79 Å². The number of hydrogen-bond donors (Lipinski definition) is 2. The minimum atomic E-state index is -0.0195. The molecule has 82 valence electrons. The number of amides is 2. The lowest BCUT2D eigenvalue weighted by molar-refractivity contribution is 0.194. The molecule has 1 aliphatic heterocycles. The molecule has 6 heteroatoms. The number of hydrogen-bond acceptors (Lipinski definition) is 3. The standard InChI is InChI=1S/C9H14N4OS/c1-10-9(14)13-4-3-7-6(5-13)8(15-2)12-11-7/h3-5H2,1-2H3,(H,10,14)(H,11,12). The summed E-state index contributed by atoms with van der Waals surface area (Å²) >= 11 is 1.61. The Bertz CT molecular complexity index is 363. The topological polar surface area (TPSA) is 61.0 Å². The van der Waals surface area contributed by atoms with E-state index in [1.807, 2.05) is 6.26 Å². The van der Waals surface area contributed by atoms with Crippen molar-refractivity contribution in [2.24, 2.45) is 0 Å². The molecule has 2 N–H and O–H groups in total. The Morgan fingerprint density at radius 2 is 2.47 bits per heavy atom. The van der Waals surface area contributed by atoms with Crippen LogP contribution in [0, 0.1) is 0 Å². The van der Waals surface area contributed by atoms with Crippen LogP contribution in [-0.2, 0) is 13.0 Å². The SMILES string of the molecule is CNC(=O)N1CCc2[nH]nc(SC)c2C1. The largest absolute Gasteiger partial charge is 0.341 e. The number of rotatable bonds is 1. The molecular formula is C9H14N4OS. The van der Waals surface area contributed by atoms with Crippen LogP contribution >= 0.6 is 11.8 Å². The maximum atomic E-state index is 11.5. The molecule has 1 aliphatic rings. The summed E-state index contributed by atoms with van der Waals surface area (Å²) in [5, 5.41) is 10.9. The zero-order valence-electron chi connectivity index (χ0n) is 8.83. The van der Waals surface area contributed by atoms with E-state index >= 15 is 0 Å². The van der Waals surface area contributed by atoms with Gasteiger partial charge < -0.3 is 10.2 Å². The molecule has 0 spiro atoms. The second-order valence-electron chi connectivity index (χ2n) is 3.42. The number of thioether (sulfide) groups is 1. The number of aromatic nitrogens is 2. The summed E-state index contributed by atoms with van der Waals surface area (Å²) in [5.41, 5.74) is 2.33. The molecule has 0 aromatic carbocycles. The molecule has 1 aromatic rings. The molecule has 2 heterocycles. The molecule has 5 nitrogen and oxygen atoms in total. The molecule has 0 bridgehead atoms. The van der Waals surface area contributed by atoms with Crippen LogP contribution in [0.3, 0.4) is 0 Å². The van der Waals surface area contributed by atoms with Gasteiger partial charge in [0.25, 0.3) is 0 Å². The maximum Gasteiger partial charge on any atom is 0.317 e. The van der Waals surface area contributed by atoms with E-state index in [2.05, 4.69) is 15.5 Å². The molecule has 0 radical (unpaired) electrons. The third kappa shape index (κ3) is 1.81. The summed E-state index contributed by atoms with van der Waals surface area (Å²) in [4.78, 5) is 13.3. The van der Waals surface area contributed by atoms with Crippen LogP contribution in [0.2, 0.25) is 0 Å². The fourth-order valence-corrected chi connectivity index (χ4v) is 2.34. The fourth-order valence-electron chi connectivity index (χ4n) is 1.77. The predicted molar refractivity (Wildman–Crippen MR) is 58.9 cm³/mol. The lowest BCUT2D eigenvalue weighted by atomic mass is 10.1. The smallest absolute Gasteiger partial charge is 0.317 e. The number of fused-ring (bicyclic) bond motifs is 1. The summed E-state index contributed by atoms with van der Waals surface area (Å²) in [6.45, 7) is 1.41. The van der Waals surface area contributed by atoms with Gasteiger partial charge in [0.05, 0.1) is 6.54 Å². The Kier molecular flexibility index (Phi) is 2.86. The van der Waals surface area contributed by atoms with Crippen LogP contribution in [0.1, 0.15) is 11.3 Å². The van der Waals surface area contributed by atoms with E-state index in [-0.39, 0.29) is 6.03 Å². The number of H-pyrrole nitrogens is 1. The van der Waals surface area contributed by atoms with Gasteiger partial charge in [0, 0.05) is 31.3 Å². The minimum absolute atomic E-state index is 0.0195. The summed E-state index contributed by atoms with van der Waals surface area (Å²) in [6, 6.07) is -0.0195. The van der Waals surface area contributed by atoms with Gasteiger partial charge in [0.15, 0.2) is 0 Å². The zero-order chi connectivity index (χ0) is 10.8. The number of nitrogens with zero attached hydrogens (tertiary/aromatic N) is 2. The molecule has 0 unspecified atom stereocenters. The second kappa shape index (κ2) is 4.14. The van der Waals surface area contributed by atoms with Crippen LogP contribution < -0.4 is 5.32 Å². The van der Waals surface area contributed by atoms with Gasteiger partial charge in [0.2, 0.25) is 0 Å². The van der Waals surface area contributed by atoms with Gasteiger partial charge in [-0.05, 0) is 6.26 Å². The highest BCUT2D eigenvalue weighted by Gasteiger charge is 2.23. The van der Waals surface area contributed by atoms with Crippen molar-refractivity contribution in [3.8, 4) is 0 Å².